The van der Waals surface area contributed by atoms with E-state index in [4.69, 9.17) is 21.3 Å². The van der Waals surface area contributed by atoms with E-state index in [-0.39, 0.29) is 25.3 Å². The number of carboxylic acids is 1. The predicted molar refractivity (Wildman–Crippen MR) is 79.4 cm³/mol. The molecule has 1 aliphatic heterocycles. The van der Waals surface area contributed by atoms with E-state index in [9.17, 15) is 30.3 Å². The molecule has 0 aromatic rings. The summed E-state index contributed by atoms with van der Waals surface area (Å²) >= 11 is 0. The van der Waals surface area contributed by atoms with Gasteiger partial charge in [-0.25, -0.2) is 0 Å². The van der Waals surface area contributed by atoms with Gasteiger partial charge in [-0.2, -0.15) is 0 Å². The first-order valence-electron chi connectivity index (χ1n) is 7.22. The van der Waals surface area contributed by atoms with Gasteiger partial charge in [0.05, 0.1) is 6.61 Å². The Morgan fingerprint density at radius 3 is 2.54 bits per heavy atom. The summed E-state index contributed by atoms with van der Waals surface area (Å²) in [5.74, 6) is -4.16. The number of nitrogens with zero attached hydrogens (tertiary/aromatic N) is 1. The molecule has 1 heterocycles. The summed E-state index contributed by atoms with van der Waals surface area (Å²) in [7, 11) is 0. The molecule has 0 bridgehead atoms. The zero-order valence-corrected chi connectivity index (χ0v) is 12.8. The minimum atomic E-state index is -2.69. The van der Waals surface area contributed by atoms with Crippen molar-refractivity contribution in [1.82, 2.24) is 5.32 Å². The average Bonchev–Trinajstić information content (AvgIpc) is 2.51. The van der Waals surface area contributed by atoms with Crippen LogP contribution in [0, 0.1) is 0 Å². The van der Waals surface area contributed by atoms with E-state index in [1.54, 1.807) is 0 Å². The van der Waals surface area contributed by atoms with Crippen molar-refractivity contribution in [3.8, 4) is 0 Å². The van der Waals surface area contributed by atoms with Crippen molar-refractivity contribution in [3.05, 3.63) is 0 Å². The quantitative estimate of drug-likeness (QED) is 0.0871. The van der Waals surface area contributed by atoms with E-state index in [2.05, 4.69) is 10.3 Å². The van der Waals surface area contributed by atoms with Gasteiger partial charge in [0.1, 0.15) is 24.4 Å². The Morgan fingerprint density at radius 1 is 1.38 bits per heavy atom. The molecule has 1 saturated heterocycles. The third kappa shape index (κ3) is 4.98. The Morgan fingerprint density at radius 2 is 2.00 bits per heavy atom. The molecule has 1 fully saturated rings. The lowest BCUT2D eigenvalue weighted by atomic mass is 9.95. The van der Waals surface area contributed by atoms with Crippen molar-refractivity contribution in [2.75, 3.05) is 13.2 Å². The topological polar surface area (TPSA) is 224 Å². The van der Waals surface area contributed by atoms with Gasteiger partial charge >= 0.3 is 5.97 Å². The van der Waals surface area contributed by atoms with Crippen molar-refractivity contribution in [2.24, 2.45) is 16.5 Å². The molecular formula is C12H24N4O8. The van der Waals surface area contributed by atoms with Crippen LogP contribution in [0.15, 0.2) is 4.99 Å². The summed E-state index contributed by atoms with van der Waals surface area (Å²) in [5.41, 5.74) is 10.3. The van der Waals surface area contributed by atoms with E-state index >= 15 is 0 Å². The number of nitrogens with two attached hydrogens (primary N) is 2. The first-order chi connectivity index (χ1) is 11.1. The summed E-state index contributed by atoms with van der Waals surface area (Å²) < 4.78 is 4.80. The monoisotopic (exact) mass is 352 g/mol. The first-order valence-corrected chi connectivity index (χ1v) is 7.22. The molecule has 0 saturated carbocycles. The number of guanidine groups is 1. The zero-order chi connectivity index (χ0) is 18.5. The predicted octanol–water partition coefficient (Wildman–Crippen LogP) is -4.80. The standard InChI is InChI=1S/C12H24N4O8/c13-11(14)15-3-1-2-5(9(20)21)16-10(22)12(23)8(19)7(18)6(17)4-24-12/h5-8,10,16-19,22-23H,1-4H2,(H,20,21)(H4,13,14,15)/t5-,6+,7+,8-,10?,12-/m0/s1. The second-order valence-corrected chi connectivity index (χ2v) is 5.47. The van der Waals surface area contributed by atoms with Crippen LogP contribution < -0.4 is 16.8 Å². The number of hydrogen-bond donors (Lipinski definition) is 9. The van der Waals surface area contributed by atoms with Crippen LogP contribution in [0.2, 0.25) is 0 Å². The second-order valence-electron chi connectivity index (χ2n) is 5.47. The Kier molecular flexibility index (Phi) is 7.28. The molecule has 140 valence electrons. The number of aliphatic hydroxyl groups excluding tert-OH is 4. The summed E-state index contributed by atoms with van der Waals surface area (Å²) in [6.45, 7) is -0.395. The molecule has 0 spiro atoms. The van der Waals surface area contributed by atoms with E-state index in [1.165, 1.54) is 0 Å². The zero-order valence-electron chi connectivity index (χ0n) is 12.8. The van der Waals surface area contributed by atoms with Gasteiger partial charge in [-0.3, -0.25) is 15.1 Å². The molecule has 1 rings (SSSR count). The largest absolute Gasteiger partial charge is 0.480 e. The first kappa shape index (κ1) is 20.5. The Bertz CT molecular complexity index is 460. The summed E-state index contributed by atoms with van der Waals surface area (Å²) in [5, 5.41) is 60.2. The van der Waals surface area contributed by atoms with Crippen molar-refractivity contribution < 1.29 is 40.2 Å². The van der Waals surface area contributed by atoms with Gasteiger partial charge in [-0.05, 0) is 12.8 Å². The minimum absolute atomic E-state index is 0.000523. The van der Waals surface area contributed by atoms with E-state index in [1.807, 2.05) is 0 Å². The fraction of sp³-hybridized carbons (Fsp3) is 0.833. The maximum Gasteiger partial charge on any atom is 0.320 e. The van der Waals surface area contributed by atoms with Crippen LogP contribution in [0.1, 0.15) is 12.8 Å². The molecule has 24 heavy (non-hydrogen) atoms. The van der Waals surface area contributed by atoms with Crippen LogP contribution >= 0.6 is 0 Å². The third-order valence-corrected chi connectivity index (χ3v) is 3.62. The number of carbonyl (C=O) groups is 1. The van der Waals surface area contributed by atoms with Crippen LogP contribution in [0.25, 0.3) is 0 Å². The van der Waals surface area contributed by atoms with Crippen LogP contribution in [0.3, 0.4) is 0 Å². The number of aliphatic carboxylic acids is 1. The summed E-state index contributed by atoms with van der Waals surface area (Å²) in [6, 6.07) is -1.31. The highest BCUT2D eigenvalue weighted by atomic mass is 16.7. The van der Waals surface area contributed by atoms with Gasteiger partial charge in [-0.1, -0.05) is 0 Å². The molecule has 12 nitrogen and oxygen atoms in total. The molecule has 1 unspecified atom stereocenters. The number of hydrogen-bond acceptors (Lipinski definition) is 9. The number of nitrogens with one attached hydrogen (secondary N) is 1. The lowest BCUT2D eigenvalue weighted by molar-refractivity contribution is -0.356. The van der Waals surface area contributed by atoms with E-state index < -0.39 is 48.9 Å². The highest BCUT2D eigenvalue weighted by Gasteiger charge is 2.53. The number of carboxylic acid groups (broad SMARTS) is 1. The molecular weight excluding hydrogens is 328 g/mol. The van der Waals surface area contributed by atoms with E-state index in [0.717, 1.165) is 0 Å². The molecule has 11 N–H and O–H groups in total. The average molecular weight is 352 g/mol. The Labute approximate surface area is 137 Å². The second kappa shape index (κ2) is 8.53. The van der Waals surface area contributed by atoms with Crippen LogP contribution in [-0.4, -0.2) is 92.1 Å². The molecule has 0 aliphatic carbocycles. The summed E-state index contributed by atoms with van der Waals surface area (Å²) in [6.07, 6.45) is -7.07. The Hall–Kier alpha value is -1.54. The van der Waals surface area contributed by atoms with Crippen LogP contribution in [-0.2, 0) is 9.53 Å². The fourth-order valence-electron chi connectivity index (χ4n) is 2.19. The van der Waals surface area contributed by atoms with Crippen molar-refractivity contribution in [3.63, 3.8) is 0 Å². The molecule has 1 aliphatic rings. The maximum atomic E-state index is 11.2. The SMILES string of the molecule is NC(N)=NCCC[C@H](NC(O)[C@@]1(O)OC[C@@H](O)[C@@H](O)[C@@H]1O)C(=O)O. The smallest absolute Gasteiger partial charge is 0.320 e. The van der Waals surface area contributed by atoms with Gasteiger partial charge in [0.25, 0.3) is 0 Å². The normalized spacial score (nSPS) is 32.8. The number of ether oxygens (including phenoxy) is 1. The van der Waals surface area contributed by atoms with Crippen molar-refractivity contribution in [2.45, 2.75) is 49.2 Å². The van der Waals surface area contributed by atoms with Crippen molar-refractivity contribution >= 4 is 11.9 Å². The van der Waals surface area contributed by atoms with Crippen molar-refractivity contribution in [1.29, 1.82) is 0 Å². The van der Waals surface area contributed by atoms with Gasteiger partial charge < -0.3 is 46.8 Å². The third-order valence-electron chi connectivity index (χ3n) is 3.62. The molecule has 0 amide bonds. The molecule has 0 aromatic carbocycles. The highest BCUT2D eigenvalue weighted by Crippen LogP contribution is 2.26. The highest BCUT2D eigenvalue weighted by molar-refractivity contribution is 5.75. The number of aliphatic hydroxyl groups is 5. The molecule has 0 radical (unpaired) electrons. The molecule has 12 heteroatoms. The Balaban J connectivity index is 2.68. The van der Waals surface area contributed by atoms with E-state index in [0.29, 0.717) is 0 Å². The lowest BCUT2D eigenvalue weighted by Crippen LogP contribution is -2.69. The maximum absolute atomic E-state index is 11.2. The van der Waals surface area contributed by atoms with Crippen LogP contribution in [0.5, 0.6) is 0 Å². The fourth-order valence-corrected chi connectivity index (χ4v) is 2.19. The van der Waals surface area contributed by atoms with Gasteiger partial charge in [0.2, 0.25) is 5.79 Å². The van der Waals surface area contributed by atoms with Crippen LogP contribution in [0.4, 0.5) is 0 Å². The minimum Gasteiger partial charge on any atom is -0.480 e. The lowest BCUT2D eigenvalue weighted by Gasteiger charge is -2.44. The van der Waals surface area contributed by atoms with Gasteiger partial charge in [0, 0.05) is 6.54 Å². The number of rotatable bonds is 8. The van der Waals surface area contributed by atoms with Gasteiger partial charge in [-0.15, -0.1) is 0 Å². The molecule has 0 aromatic heterocycles. The number of aliphatic imine (C=N–C) groups is 1. The summed E-state index contributed by atoms with van der Waals surface area (Å²) in [4.78, 5) is 14.9. The van der Waals surface area contributed by atoms with Gasteiger partial charge in [0.15, 0.2) is 12.2 Å². The molecule has 6 atom stereocenters.